The van der Waals surface area contributed by atoms with Gasteiger partial charge in [-0.25, -0.2) is 0 Å². The Labute approximate surface area is 70.0 Å². The lowest BCUT2D eigenvalue weighted by atomic mass is 10.5. The molecule has 1 heterocycles. The van der Waals surface area contributed by atoms with Crippen molar-refractivity contribution in [3.63, 3.8) is 0 Å². The number of aldehydes is 1. The van der Waals surface area contributed by atoms with Crippen LogP contribution < -0.4 is 0 Å². The Morgan fingerprint density at radius 1 is 1.64 bits per heavy atom. The van der Waals surface area contributed by atoms with Gasteiger partial charge in [0.15, 0.2) is 0 Å². The van der Waals surface area contributed by atoms with Gasteiger partial charge in [0.2, 0.25) is 0 Å². The van der Waals surface area contributed by atoms with Crippen LogP contribution in [0.15, 0.2) is 22.8 Å². The predicted molar refractivity (Wildman–Crippen MR) is 45.6 cm³/mol. The van der Waals surface area contributed by atoms with Crippen LogP contribution in [0.3, 0.4) is 0 Å². The van der Waals surface area contributed by atoms with E-state index < -0.39 is 0 Å². The van der Waals surface area contributed by atoms with Crippen molar-refractivity contribution in [2.24, 2.45) is 0 Å². The molecule has 60 valence electrons. The first-order valence-electron chi connectivity index (χ1n) is 3.47. The van der Waals surface area contributed by atoms with Gasteiger partial charge >= 0.3 is 0 Å². The molecule has 0 N–H and O–H groups in total. The van der Waals surface area contributed by atoms with E-state index in [0.717, 1.165) is 23.6 Å². The minimum Gasteiger partial charge on any atom is -0.468 e. The van der Waals surface area contributed by atoms with Crippen molar-refractivity contribution in [2.75, 3.05) is 5.75 Å². The monoisotopic (exact) mass is 170 g/mol. The first-order valence-corrected chi connectivity index (χ1v) is 4.62. The highest BCUT2D eigenvalue weighted by Gasteiger charge is 1.94. The minimum atomic E-state index is 0.630. The number of hydrogen-bond acceptors (Lipinski definition) is 3. The lowest BCUT2D eigenvalue weighted by Crippen LogP contribution is -1.81. The maximum atomic E-state index is 9.93. The summed E-state index contributed by atoms with van der Waals surface area (Å²) in [4.78, 5) is 9.93. The van der Waals surface area contributed by atoms with Gasteiger partial charge < -0.3 is 9.21 Å². The summed E-state index contributed by atoms with van der Waals surface area (Å²) in [6.07, 6.45) is 3.23. The molecule has 0 atom stereocenters. The normalized spacial score (nSPS) is 9.82. The number of thioether (sulfide) groups is 1. The van der Waals surface area contributed by atoms with Gasteiger partial charge in [0, 0.05) is 12.2 Å². The summed E-state index contributed by atoms with van der Waals surface area (Å²) in [6.45, 7) is 0. The molecule has 0 saturated heterocycles. The van der Waals surface area contributed by atoms with E-state index in [1.165, 1.54) is 0 Å². The second-order valence-corrected chi connectivity index (χ2v) is 3.19. The fourth-order valence-electron chi connectivity index (χ4n) is 0.699. The predicted octanol–water partition coefficient (Wildman–Crippen LogP) is 2.10. The molecule has 11 heavy (non-hydrogen) atoms. The van der Waals surface area contributed by atoms with Crippen LogP contribution in [-0.4, -0.2) is 12.0 Å². The summed E-state index contributed by atoms with van der Waals surface area (Å²) in [5, 5.41) is 0. The summed E-state index contributed by atoms with van der Waals surface area (Å²) in [5.41, 5.74) is 0. The van der Waals surface area contributed by atoms with E-state index >= 15 is 0 Å². The van der Waals surface area contributed by atoms with Crippen LogP contribution in [0.2, 0.25) is 0 Å². The zero-order valence-corrected chi connectivity index (χ0v) is 6.97. The van der Waals surface area contributed by atoms with Gasteiger partial charge in [0.1, 0.15) is 12.0 Å². The van der Waals surface area contributed by atoms with E-state index in [0.29, 0.717) is 6.42 Å². The van der Waals surface area contributed by atoms with E-state index in [1.54, 1.807) is 18.0 Å². The van der Waals surface area contributed by atoms with E-state index in [2.05, 4.69) is 0 Å². The van der Waals surface area contributed by atoms with Crippen LogP contribution in [0.5, 0.6) is 0 Å². The molecule has 1 aromatic heterocycles. The Kier molecular flexibility index (Phi) is 3.83. The number of carbonyl (C=O) groups excluding carboxylic acids is 1. The van der Waals surface area contributed by atoms with Gasteiger partial charge in [0.25, 0.3) is 0 Å². The van der Waals surface area contributed by atoms with E-state index in [9.17, 15) is 4.79 Å². The highest BCUT2D eigenvalue weighted by molar-refractivity contribution is 7.98. The highest BCUT2D eigenvalue weighted by Crippen LogP contribution is 2.12. The number of furan rings is 1. The molecule has 1 aromatic rings. The number of hydrogen-bond donors (Lipinski definition) is 0. The Balaban J connectivity index is 2.09. The Bertz CT molecular complexity index is 194. The molecule has 0 unspecified atom stereocenters. The molecule has 0 aromatic carbocycles. The van der Waals surface area contributed by atoms with Crippen molar-refractivity contribution >= 4 is 18.0 Å². The Morgan fingerprint density at radius 2 is 2.55 bits per heavy atom. The standard InChI is InChI=1S/C8H10O2S/c9-4-2-6-11-7-8-3-1-5-10-8/h1,3-5H,2,6-7H2. The molecule has 0 aliphatic carbocycles. The van der Waals surface area contributed by atoms with Crippen LogP contribution in [0, 0.1) is 0 Å². The SMILES string of the molecule is O=CCCSCc1ccco1. The second kappa shape index (κ2) is 5.02. The first-order chi connectivity index (χ1) is 5.43. The number of carbonyl (C=O) groups is 1. The second-order valence-electron chi connectivity index (χ2n) is 2.09. The molecule has 0 aliphatic rings. The maximum Gasteiger partial charge on any atom is 0.120 e. The van der Waals surface area contributed by atoms with Crippen LogP contribution in [-0.2, 0) is 10.5 Å². The van der Waals surface area contributed by atoms with Crippen LogP contribution >= 0.6 is 11.8 Å². The maximum absolute atomic E-state index is 9.93. The Hall–Kier alpha value is -0.700. The summed E-state index contributed by atoms with van der Waals surface area (Å²) >= 11 is 1.71. The van der Waals surface area contributed by atoms with Crippen molar-refractivity contribution in [1.29, 1.82) is 0 Å². The molecule has 0 saturated carbocycles. The molecular formula is C8H10O2S. The van der Waals surface area contributed by atoms with Crippen molar-refractivity contribution in [1.82, 2.24) is 0 Å². The molecule has 0 amide bonds. The van der Waals surface area contributed by atoms with Crippen LogP contribution in [0.4, 0.5) is 0 Å². The molecule has 2 nitrogen and oxygen atoms in total. The zero-order chi connectivity index (χ0) is 7.94. The third kappa shape index (κ3) is 3.28. The average molecular weight is 170 g/mol. The third-order valence-electron chi connectivity index (χ3n) is 1.20. The largest absolute Gasteiger partial charge is 0.468 e. The zero-order valence-electron chi connectivity index (χ0n) is 6.16. The Morgan fingerprint density at radius 3 is 3.18 bits per heavy atom. The van der Waals surface area contributed by atoms with E-state index in [1.807, 2.05) is 12.1 Å². The smallest absolute Gasteiger partial charge is 0.120 e. The summed E-state index contributed by atoms with van der Waals surface area (Å²) in [6, 6.07) is 3.81. The highest BCUT2D eigenvalue weighted by atomic mass is 32.2. The van der Waals surface area contributed by atoms with Gasteiger partial charge in [0.05, 0.1) is 12.0 Å². The molecule has 0 fully saturated rings. The number of rotatable bonds is 5. The van der Waals surface area contributed by atoms with E-state index in [-0.39, 0.29) is 0 Å². The van der Waals surface area contributed by atoms with Gasteiger partial charge in [-0.2, -0.15) is 11.8 Å². The molecule has 0 radical (unpaired) electrons. The lowest BCUT2D eigenvalue weighted by molar-refractivity contribution is -0.107. The summed E-state index contributed by atoms with van der Waals surface area (Å²) < 4.78 is 5.10. The minimum absolute atomic E-state index is 0.630. The molecule has 0 bridgehead atoms. The van der Waals surface area contributed by atoms with E-state index in [4.69, 9.17) is 4.42 Å². The lowest BCUT2D eigenvalue weighted by Gasteiger charge is -1.93. The summed E-state index contributed by atoms with van der Waals surface area (Å²) in [7, 11) is 0. The molecule has 0 spiro atoms. The molecule has 1 rings (SSSR count). The van der Waals surface area contributed by atoms with Crippen molar-refractivity contribution in [3.8, 4) is 0 Å². The van der Waals surface area contributed by atoms with Crippen LogP contribution in [0.1, 0.15) is 12.2 Å². The topological polar surface area (TPSA) is 30.2 Å². The van der Waals surface area contributed by atoms with Gasteiger partial charge in [-0.15, -0.1) is 0 Å². The molecule has 3 heteroatoms. The van der Waals surface area contributed by atoms with Gasteiger partial charge in [-0.05, 0) is 12.1 Å². The third-order valence-corrected chi connectivity index (χ3v) is 2.22. The average Bonchev–Trinajstić information content (AvgIpc) is 2.50. The van der Waals surface area contributed by atoms with Crippen molar-refractivity contribution in [3.05, 3.63) is 24.2 Å². The van der Waals surface area contributed by atoms with Gasteiger partial charge in [-0.3, -0.25) is 0 Å². The molecule has 0 aliphatic heterocycles. The quantitative estimate of drug-likeness (QED) is 0.500. The van der Waals surface area contributed by atoms with Crippen molar-refractivity contribution in [2.45, 2.75) is 12.2 Å². The summed E-state index contributed by atoms with van der Waals surface area (Å²) in [5.74, 6) is 2.71. The van der Waals surface area contributed by atoms with Crippen molar-refractivity contribution < 1.29 is 9.21 Å². The fourth-order valence-corrected chi connectivity index (χ4v) is 1.47. The first kappa shape index (κ1) is 8.40. The van der Waals surface area contributed by atoms with Crippen LogP contribution in [0.25, 0.3) is 0 Å². The van der Waals surface area contributed by atoms with Gasteiger partial charge in [-0.1, -0.05) is 0 Å². The molecular weight excluding hydrogens is 160 g/mol. The fraction of sp³-hybridized carbons (Fsp3) is 0.375.